The maximum atomic E-state index is 13.1. The van der Waals surface area contributed by atoms with Gasteiger partial charge in [-0.2, -0.15) is 0 Å². The maximum absolute atomic E-state index is 13.1. The number of carbonyl (C=O) groups is 1. The first-order valence-corrected chi connectivity index (χ1v) is 10.3. The molecule has 2 aromatic rings. The summed E-state index contributed by atoms with van der Waals surface area (Å²) in [5.41, 5.74) is 1.82. The standard InChI is InChI=1S/C22H28N4O3/c27-22(19-7-4-8-23-21(19)26-11-15-29-16-12-26)24-17-20(18-5-2-1-3-6-18)25-9-13-28-14-10-25/h1-8,20H,9-17H2,(H,24,27). The van der Waals surface area contributed by atoms with Crippen LogP contribution >= 0.6 is 0 Å². The molecule has 2 aliphatic rings. The molecule has 1 aromatic carbocycles. The van der Waals surface area contributed by atoms with E-state index in [1.807, 2.05) is 30.3 Å². The van der Waals surface area contributed by atoms with Gasteiger partial charge in [0.15, 0.2) is 0 Å². The lowest BCUT2D eigenvalue weighted by atomic mass is 10.0. The van der Waals surface area contributed by atoms with E-state index in [0.717, 1.165) is 45.2 Å². The highest BCUT2D eigenvalue weighted by atomic mass is 16.5. The Morgan fingerprint density at radius 2 is 1.66 bits per heavy atom. The van der Waals surface area contributed by atoms with Gasteiger partial charge >= 0.3 is 0 Å². The SMILES string of the molecule is O=C(NCC(c1ccccc1)N1CCOCC1)c1cccnc1N1CCOCC1. The molecule has 0 bridgehead atoms. The maximum Gasteiger partial charge on any atom is 0.255 e. The van der Waals surface area contributed by atoms with Crippen molar-refractivity contribution in [3.63, 3.8) is 0 Å². The zero-order valence-electron chi connectivity index (χ0n) is 16.6. The van der Waals surface area contributed by atoms with Gasteiger partial charge in [-0.15, -0.1) is 0 Å². The van der Waals surface area contributed by atoms with E-state index in [0.29, 0.717) is 25.3 Å². The molecule has 3 heterocycles. The van der Waals surface area contributed by atoms with E-state index in [-0.39, 0.29) is 11.9 Å². The molecule has 29 heavy (non-hydrogen) atoms. The molecule has 154 valence electrons. The normalized spacial score (nSPS) is 19.0. The highest BCUT2D eigenvalue weighted by Gasteiger charge is 2.25. The zero-order valence-corrected chi connectivity index (χ0v) is 16.6. The van der Waals surface area contributed by atoms with Crippen LogP contribution in [0.2, 0.25) is 0 Å². The fourth-order valence-corrected chi connectivity index (χ4v) is 3.91. The Hall–Kier alpha value is -2.48. The highest BCUT2D eigenvalue weighted by molar-refractivity contribution is 5.98. The summed E-state index contributed by atoms with van der Waals surface area (Å²) in [7, 11) is 0. The molecule has 0 spiro atoms. The molecule has 1 N–H and O–H groups in total. The molecule has 4 rings (SSSR count). The van der Waals surface area contributed by atoms with Crippen molar-refractivity contribution in [3.05, 3.63) is 59.8 Å². The molecule has 1 atom stereocenters. The van der Waals surface area contributed by atoms with Crippen LogP contribution in [-0.2, 0) is 9.47 Å². The predicted octanol–water partition coefficient (Wildman–Crippen LogP) is 1.72. The molecule has 2 aliphatic heterocycles. The number of carbonyl (C=O) groups excluding carboxylic acids is 1. The van der Waals surface area contributed by atoms with Crippen molar-refractivity contribution in [2.24, 2.45) is 0 Å². The van der Waals surface area contributed by atoms with Crippen LogP contribution in [0.15, 0.2) is 48.7 Å². The number of nitrogens with zero attached hydrogens (tertiary/aromatic N) is 3. The zero-order chi connectivity index (χ0) is 19.9. The Bertz CT molecular complexity index is 790. The minimum Gasteiger partial charge on any atom is -0.379 e. The molecule has 1 aromatic heterocycles. The van der Waals surface area contributed by atoms with Gasteiger partial charge in [-0.1, -0.05) is 30.3 Å². The number of ether oxygens (including phenoxy) is 2. The molecule has 2 fully saturated rings. The first-order chi connectivity index (χ1) is 14.3. The van der Waals surface area contributed by atoms with E-state index in [1.165, 1.54) is 5.56 Å². The minimum atomic E-state index is -0.0891. The Labute approximate surface area is 171 Å². The second kappa shape index (κ2) is 9.82. The number of rotatable bonds is 6. The minimum absolute atomic E-state index is 0.0891. The molecule has 7 nitrogen and oxygen atoms in total. The molecule has 1 amide bonds. The average Bonchev–Trinajstić information content (AvgIpc) is 2.81. The van der Waals surface area contributed by atoms with Crippen LogP contribution in [0.5, 0.6) is 0 Å². The predicted molar refractivity (Wildman–Crippen MR) is 111 cm³/mol. The van der Waals surface area contributed by atoms with Crippen molar-refractivity contribution < 1.29 is 14.3 Å². The molecular formula is C22H28N4O3. The first-order valence-electron chi connectivity index (χ1n) is 10.3. The summed E-state index contributed by atoms with van der Waals surface area (Å²) in [6.07, 6.45) is 1.74. The van der Waals surface area contributed by atoms with Gasteiger partial charge in [0.1, 0.15) is 5.82 Å². The van der Waals surface area contributed by atoms with Crippen LogP contribution in [0.3, 0.4) is 0 Å². The topological polar surface area (TPSA) is 66.9 Å². The lowest BCUT2D eigenvalue weighted by Crippen LogP contribution is -2.44. The third-order valence-electron chi connectivity index (χ3n) is 5.47. The summed E-state index contributed by atoms with van der Waals surface area (Å²) in [4.78, 5) is 22.1. The van der Waals surface area contributed by atoms with Gasteiger partial charge in [0, 0.05) is 38.9 Å². The number of morpholine rings is 2. The molecule has 0 aliphatic carbocycles. The smallest absolute Gasteiger partial charge is 0.255 e. The average molecular weight is 396 g/mol. The summed E-state index contributed by atoms with van der Waals surface area (Å²) in [5.74, 6) is 0.643. The summed E-state index contributed by atoms with van der Waals surface area (Å²) in [6.45, 7) is 6.52. The summed E-state index contributed by atoms with van der Waals surface area (Å²) in [6, 6.07) is 14.1. The van der Waals surface area contributed by atoms with Crippen molar-refractivity contribution >= 4 is 11.7 Å². The Balaban J connectivity index is 1.48. The van der Waals surface area contributed by atoms with Crippen LogP contribution in [-0.4, -0.2) is 74.9 Å². The Morgan fingerprint density at radius 3 is 2.38 bits per heavy atom. The lowest BCUT2D eigenvalue weighted by molar-refractivity contribution is 0.0162. The fraction of sp³-hybridized carbons (Fsp3) is 0.455. The van der Waals surface area contributed by atoms with Crippen LogP contribution in [0.25, 0.3) is 0 Å². The number of amides is 1. The number of hydrogen-bond donors (Lipinski definition) is 1. The van der Waals surface area contributed by atoms with Gasteiger partial charge in [-0.05, 0) is 17.7 Å². The Kier molecular flexibility index (Phi) is 6.71. The van der Waals surface area contributed by atoms with E-state index in [1.54, 1.807) is 6.20 Å². The first kappa shape index (κ1) is 19.8. The van der Waals surface area contributed by atoms with Crippen LogP contribution in [0.4, 0.5) is 5.82 Å². The van der Waals surface area contributed by atoms with Crippen LogP contribution in [0, 0.1) is 0 Å². The highest BCUT2D eigenvalue weighted by Crippen LogP contribution is 2.22. The van der Waals surface area contributed by atoms with E-state index in [2.05, 4.69) is 32.2 Å². The van der Waals surface area contributed by atoms with Crippen molar-refractivity contribution in [2.45, 2.75) is 6.04 Å². The number of nitrogens with one attached hydrogen (secondary N) is 1. The van der Waals surface area contributed by atoms with Gasteiger partial charge in [0.25, 0.3) is 5.91 Å². The summed E-state index contributed by atoms with van der Waals surface area (Å²) >= 11 is 0. The molecule has 0 saturated carbocycles. The second-order valence-corrected chi connectivity index (χ2v) is 7.26. The number of pyridine rings is 1. The quantitative estimate of drug-likeness (QED) is 0.802. The molecule has 0 radical (unpaired) electrons. The number of benzene rings is 1. The molecule has 1 unspecified atom stereocenters. The van der Waals surface area contributed by atoms with Gasteiger partial charge in [-0.25, -0.2) is 4.98 Å². The molecule has 2 saturated heterocycles. The molecule has 7 heteroatoms. The lowest BCUT2D eigenvalue weighted by Gasteiger charge is -2.35. The monoisotopic (exact) mass is 396 g/mol. The van der Waals surface area contributed by atoms with Gasteiger partial charge < -0.3 is 19.7 Å². The summed E-state index contributed by atoms with van der Waals surface area (Å²) in [5, 5.41) is 3.15. The van der Waals surface area contributed by atoms with Gasteiger partial charge in [0.2, 0.25) is 0 Å². The second-order valence-electron chi connectivity index (χ2n) is 7.26. The fourth-order valence-electron chi connectivity index (χ4n) is 3.91. The number of hydrogen-bond acceptors (Lipinski definition) is 6. The van der Waals surface area contributed by atoms with E-state index in [4.69, 9.17) is 9.47 Å². The third-order valence-corrected chi connectivity index (χ3v) is 5.47. The van der Waals surface area contributed by atoms with Crippen LogP contribution < -0.4 is 10.2 Å². The van der Waals surface area contributed by atoms with E-state index < -0.39 is 0 Å². The molecular weight excluding hydrogens is 368 g/mol. The van der Waals surface area contributed by atoms with Crippen molar-refractivity contribution in [2.75, 3.05) is 64.1 Å². The summed E-state index contributed by atoms with van der Waals surface area (Å²) < 4.78 is 10.9. The van der Waals surface area contributed by atoms with Crippen LogP contribution in [0.1, 0.15) is 22.0 Å². The van der Waals surface area contributed by atoms with E-state index >= 15 is 0 Å². The number of aromatic nitrogens is 1. The third kappa shape index (κ3) is 4.93. The van der Waals surface area contributed by atoms with Gasteiger partial charge in [0.05, 0.1) is 38.0 Å². The van der Waals surface area contributed by atoms with Crippen molar-refractivity contribution in [1.29, 1.82) is 0 Å². The Morgan fingerprint density at radius 1 is 0.966 bits per heavy atom. The van der Waals surface area contributed by atoms with Crippen molar-refractivity contribution in [3.8, 4) is 0 Å². The largest absolute Gasteiger partial charge is 0.379 e. The van der Waals surface area contributed by atoms with Gasteiger partial charge in [-0.3, -0.25) is 9.69 Å². The van der Waals surface area contributed by atoms with E-state index in [9.17, 15) is 4.79 Å². The number of anilines is 1. The van der Waals surface area contributed by atoms with Crippen molar-refractivity contribution in [1.82, 2.24) is 15.2 Å².